The number of nitriles is 1. The Labute approximate surface area is 198 Å². The molecule has 0 radical (unpaired) electrons. The lowest BCUT2D eigenvalue weighted by Gasteiger charge is -2.26. The maximum absolute atomic E-state index is 13.0. The topological polar surface area (TPSA) is 113 Å². The molecule has 1 atom stereocenters. The summed E-state index contributed by atoms with van der Waals surface area (Å²) in [7, 11) is 1.58. The van der Waals surface area contributed by atoms with E-state index in [0.29, 0.717) is 42.9 Å². The van der Waals surface area contributed by atoms with Gasteiger partial charge in [-0.05, 0) is 38.0 Å². The Morgan fingerprint density at radius 2 is 1.97 bits per heavy atom. The Bertz CT molecular complexity index is 1330. The quantitative estimate of drug-likeness (QED) is 0.623. The first kappa shape index (κ1) is 23.4. The van der Waals surface area contributed by atoms with Crippen LogP contribution in [0.15, 0.2) is 41.3 Å². The van der Waals surface area contributed by atoms with E-state index in [1.165, 1.54) is 10.9 Å². The fourth-order valence-electron chi connectivity index (χ4n) is 3.95. The minimum Gasteiger partial charge on any atom is -0.378 e. The zero-order chi connectivity index (χ0) is 24.5. The van der Waals surface area contributed by atoms with Crippen molar-refractivity contribution in [3.63, 3.8) is 0 Å². The lowest BCUT2D eigenvalue weighted by Crippen LogP contribution is -2.41. The number of pyridine rings is 1. The highest BCUT2D eigenvalue weighted by molar-refractivity contribution is 5.99. The van der Waals surface area contributed by atoms with Crippen LogP contribution in [0.4, 0.5) is 5.82 Å². The predicted octanol–water partition coefficient (Wildman–Crippen LogP) is 2.78. The molecule has 1 amide bonds. The highest BCUT2D eigenvalue weighted by Gasteiger charge is 2.23. The van der Waals surface area contributed by atoms with Gasteiger partial charge in [0.05, 0.1) is 36.1 Å². The van der Waals surface area contributed by atoms with Crippen LogP contribution in [-0.4, -0.2) is 51.9 Å². The zero-order valence-electron chi connectivity index (χ0n) is 19.8. The smallest absolute Gasteiger partial charge is 0.276 e. The summed E-state index contributed by atoms with van der Waals surface area (Å²) in [6.45, 7) is 7.74. The Hall–Kier alpha value is -3.77. The molecule has 4 rings (SSSR count). The summed E-state index contributed by atoms with van der Waals surface area (Å²) in [5.74, 6) is 0.282. The molecule has 0 spiro atoms. The molecule has 1 aromatic carbocycles. The number of anilines is 1. The van der Waals surface area contributed by atoms with Crippen molar-refractivity contribution in [1.29, 1.82) is 5.26 Å². The highest BCUT2D eigenvalue weighted by atomic mass is 16.5. The molecule has 0 saturated carbocycles. The van der Waals surface area contributed by atoms with E-state index in [1.54, 1.807) is 18.0 Å². The number of carbonyl (C=O) groups is 1. The van der Waals surface area contributed by atoms with Crippen molar-refractivity contribution in [2.45, 2.75) is 32.2 Å². The summed E-state index contributed by atoms with van der Waals surface area (Å²) < 4.78 is 6.59. The van der Waals surface area contributed by atoms with Crippen LogP contribution in [0.5, 0.6) is 0 Å². The minimum atomic E-state index is -0.613. The molecule has 9 nitrogen and oxygen atoms in total. The fraction of sp³-hybridized carbons (Fsp3) is 0.400. The van der Waals surface area contributed by atoms with Gasteiger partial charge in [0.25, 0.3) is 11.5 Å². The Kier molecular flexibility index (Phi) is 6.35. The summed E-state index contributed by atoms with van der Waals surface area (Å²) in [4.78, 5) is 31.6. The van der Waals surface area contributed by atoms with Crippen molar-refractivity contribution < 1.29 is 9.53 Å². The number of amides is 1. The second-order valence-electron chi connectivity index (χ2n) is 9.03. The van der Waals surface area contributed by atoms with Crippen LogP contribution in [0, 0.1) is 11.3 Å². The fourth-order valence-corrected chi connectivity index (χ4v) is 3.95. The van der Waals surface area contributed by atoms with Gasteiger partial charge >= 0.3 is 0 Å². The number of hydrogen-bond acceptors (Lipinski definition) is 7. The molecule has 176 valence electrons. The molecule has 1 saturated heterocycles. The molecule has 3 heterocycles. The first-order valence-electron chi connectivity index (χ1n) is 11.2. The number of morpholine rings is 1. The van der Waals surface area contributed by atoms with E-state index in [9.17, 15) is 14.9 Å². The lowest BCUT2D eigenvalue weighted by atomic mass is 9.85. The van der Waals surface area contributed by atoms with Crippen molar-refractivity contribution >= 4 is 22.5 Å². The van der Waals surface area contributed by atoms with Gasteiger partial charge in [-0.15, -0.1) is 0 Å². The average Bonchev–Trinajstić information content (AvgIpc) is 2.87. The van der Waals surface area contributed by atoms with Crippen molar-refractivity contribution in [2.75, 3.05) is 31.6 Å². The van der Waals surface area contributed by atoms with E-state index in [0.717, 1.165) is 11.1 Å². The van der Waals surface area contributed by atoms with Gasteiger partial charge in [-0.3, -0.25) is 14.6 Å². The Balaban J connectivity index is 1.71. The van der Waals surface area contributed by atoms with Gasteiger partial charge in [-0.1, -0.05) is 24.3 Å². The van der Waals surface area contributed by atoms with E-state index in [4.69, 9.17) is 4.74 Å². The van der Waals surface area contributed by atoms with E-state index in [1.807, 2.05) is 45.0 Å². The molecule has 0 unspecified atom stereocenters. The Morgan fingerprint density at radius 3 is 2.68 bits per heavy atom. The molecule has 1 fully saturated rings. The summed E-state index contributed by atoms with van der Waals surface area (Å²) >= 11 is 0. The van der Waals surface area contributed by atoms with Gasteiger partial charge in [0.2, 0.25) is 0 Å². The van der Waals surface area contributed by atoms with Crippen LogP contribution < -0.4 is 10.9 Å². The first-order chi connectivity index (χ1) is 16.2. The number of nitrogens with zero attached hydrogens (tertiary/aromatic N) is 5. The average molecular weight is 461 g/mol. The number of fused-ring (bicyclic) bond motifs is 1. The molecule has 9 heteroatoms. The van der Waals surface area contributed by atoms with Crippen LogP contribution in [0.3, 0.4) is 0 Å². The van der Waals surface area contributed by atoms with Crippen LogP contribution in [0.1, 0.15) is 48.4 Å². The SMILES string of the molecule is C[C@@H](Nc1nn(C)c(=O)c2cnc(C(=O)N3CCOCC3)cc12)c1cccc(C(C)(C)C#N)c1. The van der Waals surface area contributed by atoms with Crippen molar-refractivity contribution in [2.24, 2.45) is 7.05 Å². The normalized spacial score (nSPS) is 15.1. The molecule has 1 aliphatic heterocycles. The zero-order valence-corrected chi connectivity index (χ0v) is 19.8. The monoisotopic (exact) mass is 460 g/mol. The van der Waals surface area contributed by atoms with Crippen molar-refractivity contribution in [1.82, 2.24) is 19.7 Å². The summed E-state index contributed by atoms with van der Waals surface area (Å²) in [6.07, 6.45) is 1.44. The summed E-state index contributed by atoms with van der Waals surface area (Å²) in [5, 5.41) is 18.2. The number of ether oxygens (including phenoxy) is 1. The third-order valence-electron chi connectivity index (χ3n) is 6.19. The van der Waals surface area contributed by atoms with Gasteiger partial charge in [0, 0.05) is 31.7 Å². The maximum Gasteiger partial charge on any atom is 0.276 e. The molecule has 1 N–H and O–H groups in total. The van der Waals surface area contributed by atoms with Gasteiger partial charge in [0.1, 0.15) is 5.69 Å². The second-order valence-corrected chi connectivity index (χ2v) is 9.03. The number of hydrogen-bond donors (Lipinski definition) is 1. The van der Waals surface area contributed by atoms with Gasteiger partial charge in [-0.25, -0.2) is 4.68 Å². The second kappa shape index (κ2) is 9.23. The third-order valence-corrected chi connectivity index (χ3v) is 6.19. The molecule has 1 aliphatic rings. The number of aromatic nitrogens is 3. The maximum atomic E-state index is 13.0. The molecule has 0 bridgehead atoms. The molecule has 2 aromatic heterocycles. The van der Waals surface area contributed by atoms with E-state index >= 15 is 0 Å². The van der Waals surface area contributed by atoms with Gasteiger partial charge < -0.3 is 15.0 Å². The van der Waals surface area contributed by atoms with Gasteiger partial charge in [0.15, 0.2) is 5.82 Å². The van der Waals surface area contributed by atoms with Crippen LogP contribution in [-0.2, 0) is 17.2 Å². The molecule has 34 heavy (non-hydrogen) atoms. The summed E-state index contributed by atoms with van der Waals surface area (Å²) in [5.41, 5.74) is 1.25. The Morgan fingerprint density at radius 1 is 1.24 bits per heavy atom. The van der Waals surface area contributed by atoms with E-state index in [-0.39, 0.29) is 23.2 Å². The van der Waals surface area contributed by atoms with Crippen LogP contribution in [0.2, 0.25) is 0 Å². The number of nitrogens with one attached hydrogen (secondary N) is 1. The van der Waals surface area contributed by atoms with Crippen molar-refractivity contribution in [3.8, 4) is 6.07 Å². The number of benzene rings is 1. The predicted molar refractivity (Wildman–Crippen MR) is 129 cm³/mol. The number of carbonyl (C=O) groups excluding carboxylic acids is 1. The molecular formula is C25H28N6O3. The van der Waals surface area contributed by atoms with E-state index in [2.05, 4.69) is 21.5 Å². The highest BCUT2D eigenvalue weighted by Crippen LogP contribution is 2.28. The standard InChI is InChI=1S/C25H28N6O3/c1-16(17-6-5-7-18(12-17)25(2,3)15-26)28-22-19-13-21(24(33)31-8-10-34-11-9-31)27-14-20(19)23(32)30(4)29-22/h5-7,12-14,16H,8-11H2,1-4H3,(H,28,29)/t16-/m1/s1. The number of aryl methyl sites for hydroxylation is 1. The molecule has 0 aliphatic carbocycles. The van der Waals surface area contributed by atoms with Gasteiger partial charge in [-0.2, -0.15) is 10.4 Å². The molecule has 3 aromatic rings. The van der Waals surface area contributed by atoms with Crippen molar-refractivity contribution in [3.05, 3.63) is 63.7 Å². The van der Waals surface area contributed by atoms with Crippen LogP contribution in [0.25, 0.3) is 10.8 Å². The minimum absolute atomic E-state index is 0.172. The van der Waals surface area contributed by atoms with E-state index < -0.39 is 5.41 Å². The first-order valence-corrected chi connectivity index (χ1v) is 11.2. The summed E-state index contributed by atoms with van der Waals surface area (Å²) in [6, 6.07) is 11.6. The third kappa shape index (κ3) is 4.50. The largest absolute Gasteiger partial charge is 0.378 e. The molecular weight excluding hydrogens is 432 g/mol. The number of rotatable bonds is 5. The van der Waals surface area contributed by atoms with Crippen LogP contribution >= 0.6 is 0 Å². The lowest BCUT2D eigenvalue weighted by molar-refractivity contribution is 0.0299.